The average Bonchev–Trinajstić information content (AvgIpc) is 2.95. The Kier molecular flexibility index (Phi) is 10.6. The number of methoxy groups -OCH3 is 2. The Morgan fingerprint density at radius 2 is 1.57 bits per heavy atom. The molecule has 0 radical (unpaired) electrons. The number of nitrogens with zero attached hydrogens (tertiary/aromatic N) is 2. The van der Waals surface area contributed by atoms with Crippen molar-refractivity contribution < 1.29 is 27.5 Å². The monoisotopic (exact) mass is 595 g/mol. The first-order chi connectivity index (χ1) is 19.8. The van der Waals surface area contributed by atoms with E-state index in [0.29, 0.717) is 12.2 Å². The van der Waals surface area contributed by atoms with E-state index < -0.39 is 34.1 Å². The van der Waals surface area contributed by atoms with Gasteiger partial charge in [-0.2, -0.15) is 0 Å². The van der Waals surface area contributed by atoms with E-state index in [1.54, 1.807) is 30.3 Å². The van der Waals surface area contributed by atoms with Crippen molar-refractivity contribution in [2.75, 3.05) is 25.1 Å². The van der Waals surface area contributed by atoms with Gasteiger partial charge in [0.15, 0.2) is 0 Å². The van der Waals surface area contributed by atoms with Crippen LogP contribution in [0, 0.1) is 6.92 Å². The van der Waals surface area contributed by atoms with Crippen LogP contribution < -0.4 is 19.1 Å². The lowest BCUT2D eigenvalue weighted by atomic mass is 10.0. The number of carbonyl (C=O) groups excluding carboxylic acids is 2. The van der Waals surface area contributed by atoms with Crippen molar-refractivity contribution in [3.8, 4) is 11.5 Å². The third kappa shape index (κ3) is 7.82. The Balaban J connectivity index is 2.16. The average molecular weight is 596 g/mol. The number of rotatable bonds is 12. The Bertz CT molecular complexity index is 1490. The molecule has 42 heavy (non-hydrogen) atoms. The normalized spacial score (nSPS) is 12.3. The number of benzene rings is 3. The van der Waals surface area contributed by atoms with Crippen LogP contribution in [0.3, 0.4) is 0 Å². The summed E-state index contributed by atoms with van der Waals surface area (Å²) in [6.45, 7) is 8.91. The number of hydrogen-bond donors (Lipinski definition) is 1. The largest absolute Gasteiger partial charge is 0.497 e. The maximum absolute atomic E-state index is 14.3. The van der Waals surface area contributed by atoms with Crippen LogP contribution in [0.25, 0.3) is 0 Å². The predicted molar refractivity (Wildman–Crippen MR) is 164 cm³/mol. The summed E-state index contributed by atoms with van der Waals surface area (Å²) in [6, 6.07) is 19.4. The molecule has 1 N–H and O–H groups in total. The number of anilines is 1. The predicted octanol–water partition coefficient (Wildman–Crippen LogP) is 4.93. The van der Waals surface area contributed by atoms with Gasteiger partial charge in [0, 0.05) is 18.2 Å². The summed E-state index contributed by atoms with van der Waals surface area (Å²) in [7, 11) is -1.36. The van der Waals surface area contributed by atoms with Crippen LogP contribution in [0.4, 0.5) is 5.69 Å². The summed E-state index contributed by atoms with van der Waals surface area (Å²) >= 11 is 0. The highest BCUT2D eigenvalue weighted by molar-refractivity contribution is 7.92. The van der Waals surface area contributed by atoms with Crippen LogP contribution in [0.15, 0.2) is 77.7 Å². The van der Waals surface area contributed by atoms with E-state index in [2.05, 4.69) is 5.32 Å². The van der Waals surface area contributed by atoms with E-state index >= 15 is 0 Å². The number of sulfonamides is 1. The van der Waals surface area contributed by atoms with Crippen LogP contribution in [0.2, 0.25) is 0 Å². The molecule has 10 heteroatoms. The second kappa shape index (κ2) is 13.7. The fraction of sp³-hybridized carbons (Fsp3) is 0.375. The first-order valence-electron chi connectivity index (χ1n) is 13.8. The zero-order valence-electron chi connectivity index (χ0n) is 25.4. The van der Waals surface area contributed by atoms with Crippen LogP contribution >= 0.6 is 0 Å². The summed E-state index contributed by atoms with van der Waals surface area (Å²) in [5.74, 6) is -0.229. The zero-order chi connectivity index (χ0) is 31.1. The lowest BCUT2D eigenvalue weighted by molar-refractivity contribution is -0.141. The molecule has 0 saturated heterocycles. The fourth-order valence-corrected chi connectivity index (χ4v) is 6.01. The minimum atomic E-state index is -4.25. The summed E-state index contributed by atoms with van der Waals surface area (Å²) in [6.07, 6.45) is 0.327. The Morgan fingerprint density at radius 1 is 0.929 bits per heavy atom. The second-order valence-corrected chi connectivity index (χ2v) is 12.8. The number of nitrogens with one attached hydrogen (secondary N) is 1. The van der Waals surface area contributed by atoms with Crippen molar-refractivity contribution in [1.29, 1.82) is 0 Å². The van der Waals surface area contributed by atoms with E-state index in [0.717, 1.165) is 15.4 Å². The highest BCUT2D eigenvalue weighted by Gasteiger charge is 2.35. The Labute approximate surface area is 249 Å². The molecule has 9 nitrogen and oxygen atoms in total. The van der Waals surface area contributed by atoms with Gasteiger partial charge in [-0.25, -0.2) is 8.42 Å². The van der Waals surface area contributed by atoms with Crippen molar-refractivity contribution in [1.82, 2.24) is 10.2 Å². The number of hydrogen-bond acceptors (Lipinski definition) is 6. The van der Waals surface area contributed by atoms with Gasteiger partial charge < -0.3 is 19.7 Å². The minimum absolute atomic E-state index is 0.00523. The zero-order valence-corrected chi connectivity index (χ0v) is 26.2. The third-order valence-corrected chi connectivity index (χ3v) is 8.52. The van der Waals surface area contributed by atoms with E-state index in [1.165, 1.54) is 37.3 Å². The third-order valence-electron chi connectivity index (χ3n) is 6.75. The first kappa shape index (κ1) is 32.5. The van der Waals surface area contributed by atoms with Gasteiger partial charge in [-0.1, -0.05) is 49.4 Å². The van der Waals surface area contributed by atoms with Crippen molar-refractivity contribution in [2.45, 2.75) is 64.1 Å². The molecule has 0 aromatic heterocycles. The van der Waals surface area contributed by atoms with Gasteiger partial charge >= 0.3 is 0 Å². The molecule has 3 aromatic carbocycles. The molecule has 1 atom stereocenters. The van der Waals surface area contributed by atoms with Gasteiger partial charge in [0.2, 0.25) is 11.8 Å². The molecular formula is C32H41N3O6S. The van der Waals surface area contributed by atoms with Gasteiger partial charge in [0.1, 0.15) is 24.1 Å². The standard InChI is InChI=1S/C32H41N3O6S/c1-8-27(31(37)33-32(3,4)5)34(21-24-15-13-12-14-23(24)2)30(36)22-35(42(38,39)26-16-10-9-11-17-26)28-20-25(40-6)18-19-29(28)41-7/h9-20,27H,8,21-22H2,1-7H3,(H,33,37)/t27-/m1/s1. The lowest BCUT2D eigenvalue weighted by Gasteiger charge is -2.35. The van der Waals surface area contributed by atoms with E-state index in [9.17, 15) is 18.0 Å². The number of carbonyl (C=O) groups is 2. The highest BCUT2D eigenvalue weighted by atomic mass is 32.2. The molecule has 0 bridgehead atoms. The van der Waals surface area contributed by atoms with Crippen LogP contribution in [0.5, 0.6) is 11.5 Å². The summed E-state index contributed by atoms with van der Waals surface area (Å²) in [4.78, 5) is 29.3. The molecule has 0 aliphatic rings. The fourth-order valence-electron chi connectivity index (χ4n) is 4.57. The lowest BCUT2D eigenvalue weighted by Crippen LogP contribution is -2.55. The van der Waals surface area contributed by atoms with Crippen LogP contribution in [-0.4, -0.2) is 57.5 Å². The summed E-state index contributed by atoms with van der Waals surface area (Å²) in [5.41, 5.74) is 1.41. The molecule has 0 heterocycles. The molecule has 2 amide bonds. The number of amides is 2. The SMILES string of the molecule is CC[C@H](C(=O)NC(C)(C)C)N(Cc1ccccc1C)C(=O)CN(c1cc(OC)ccc1OC)S(=O)(=O)c1ccccc1. The maximum atomic E-state index is 14.3. The van der Waals surface area contributed by atoms with E-state index in [1.807, 2.05) is 58.9 Å². The summed E-state index contributed by atoms with van der Waals surface area (Å²) in [5, 5.41) is 2.98. The molecule has 0 fully saturated rings. The van der Waals surface area contributed by atoms with Crippen molar-refractivity contribution >= 4 is 27.5 Å². The highest BCUT2D eigenvalue weighted by Crippen LogP contribution is 2.36. The van der Waals surface area contributed by atoms with E-state index in [4.69, 9.17) is 9.47 Å². The minimum Gasteiger partial charge on any atom is -0.497 e. The van der Waals surface area contributed by atoms with Gasteiger partial charge in [0.05, 0.1) is 24.8 Å². The molecular weight excluding hydrogens is 554 g/mol. The quantitative estimate of drug-likeness (QED) is 0.318. The summed E-state index contributed by atoms with van der Waals surface area (Å²) < 4.78 is 40.1. The van der Waals surface area contributed by atoms with Gasteiger partial charge in [-0.15, -0.1) is 0 Å². The Morgan fingerprint density at radius 3 is 2.14 bits per heavy atom. The molecule has 226 valence electrons. The first-order valence-corrected chi connectivity index (χ1v) is 15.2. The van der Waals surface area contributed by atoms with Gasteiger partial charge in [0.25, 0.3) is 10.0 Å². The van der Waals surface area contributed by atoms with Crippen molar-refractivity contribution in [3.63, 3.8) is 0 Å². The molecule has 0 spiro atoms. The number of aryl methyl sites for hydroxylation is 1. The molecule has 3 aromatic rings. The second-order valence-electron chi connectivity index (χ2n) is 11.0. The van der Waals surface area contributed by atoms with E-state index in [-0.39, 0.29) is 28.8 Å². The maximum Gasteiger partial charge on any atom is 0.264 e. The van der Waals surface area contributed by atoms with Crippen molar-refractivity contribution in [2.24, 2.45) is 0 Å². The number of ether oxygens (including phenoxy) is 2. The molecule has 0 aliphatic heterocycles. The molecule has 0 aliphatic carbocycles. The van der Waals surface area contributed by atoms with Crippen LogP contribution in [0.1, 0.15) is 45.2 Å². The molecule has 0 unspecified atom stereocenters. The van der Waals surface area contributed by atoms with Crippen LogP contribution in [-0.2, 0) is 26.2 Å². The smallest absolute Gasteiger partial charge is 0.264 e. The topological polar surface area (TPSA) is 105 Å². The molecule has 3 rings (SSSR count). The van der Waals surface area contributed by atoms with Gasteiger partial charge in [-0.05, 0) is 69.5 Å². The Hall–Kier alpha value is -4.05. The molecule has 0 saturated carbocycles. The van der Waals surface area contributed by atoms with Gasteiger partial charge in [-0.3, -0.25) is 13.9 Å². The van der Waals surface area contributed by atoms with Crippen molar-refractivity contribution in [3.05, 3.63) is 83.9 Å².